The van der Waals surface area contributed by atoms with Crippen molar-refractivity contribution < 1.29 is 19.0 Å². The van der Waals surface area contributed by atoms with E-state index in [0.29, 0.717) is 29.1 Å². The monoisotopic (exact) mass is 436 g/mol. The maximum Gasteiger partial charge on any atom is 0.231 e. The lowest BCUT2D eigenvalue weighted by molar-refractivity contribution is -0.115. The van der Waals surface area contributed by atoms with Crippen molar-refractivity contribution in [3.8, 4) is 22.4 Å². The van der Waals surface area contributed by atoms with E-state index in [1.165, 1.54) is 11.3 Å². The van der Waals surface area contributed by atoms with Crippen LogP contribution in [0, 0.1) is 6.92 Å². The quantitative estimate of drug-likeness (QED) is 0.490. The maximum absolute atomic E-state index is 12.7. The van der Waals surface area contributed by atoms with Crippen LogP contribution in [-0.2, 0) is 11.2 Å². The topological polar surface area (TPSA) is 87.5 Å². The van der Waals surface area contributed by atoms with Crippen molar-refractivity contribution in [2.45, 2.75) is 20.3 Å². The highest BCUT2D eigenvalue weighted by Crippen LogP contribution is 2.34. The van der Waals surface area contributed by atoms with Crippen LogP contribution in [0.4, 0.5) is 5.82 Å². The number of carbonyl (C=O) groups excluding carboxylic acids is 1. The van der Waals surface area contributed by atoms with Gasteiger partial charge in [-0.3, -0.25) is 4.79 Å². The summed E-state index contributed by atoms with van der Waals surface area (Å²) in [5, 5.41) is 8.15. The van der Waals surface area contributed by atoms with Crippen LogP contribution in [0.15, 0.2) is 42.5 Å². The fourth-order valence-electron chi connectivity index (χ4n) is 3.43. The molecule has 0 saturated carbocycles. The summed E-state index contributed by atoms with van der Waals surface area (Å²) in [6.07, 6.45) is 0.204. The van der Waals surface area contributed by atoms with Gasteiger partial charge in [0.2, 0.25) is 17.8 Å². The number of para-hydroxylation sites is 1. The van der Waals surface area contributed by atoms with E-state index < -0.39 is 0 Å². The van der Waals surface area contributed by atoms with Gasteiger partial charge in [0.25, 0.3) is 0 Å². The number of thiazole rings is 1. The summed E-state index contributed by atoms with van der Waals surface area (Å²) in [5.41, 5.74) is 2.41. The molecule has 9 heteroatoms. The summed E-state index contributed by atoms with van der Waals surface area (Å²) in [6, 6.07) is 13.2. The lowest BCUT2D eigenvalue weighted by Crippen LogP contribution is -2.17. The highest BCUT2D eigenvalue weighted by molar-refractivity contribution is 7.20. The molecule has 0 bridgehead atoms. The second-order valence-electron chi connectivity index (χ2n) is 7.03. The fraction of sp³-hybridized carbons (Fsp3) is 0.227. The van der Waals surface area contributed by atoms with Crippen LogP contribution in [0.1, 0.15) is 18.2 Å². The number of hydrogen-bond donors (Lipinski definition) is 1. The number of ether oxygens (including phenoxy) is 3. The van der Waals surface area contributed by atoms with E-state index in [1.54, 1.807) is 4.68 Å². The Morgan fingerprint density at radius 3 is 2.97 bits per heavy atom. The predicted octanol–water partition coefficient (Wildman–Crippen LogP) is 4.10. The molecule has 1 N–H and O–H groups in total. The Morgan fingerprint density at radius 2 is 2.10 bits per heavy atom. The van der Waals surface area contributed by atoms with Crippen molar-refractivity contribution in [1.82, 2.24) is 14.8 Å². The predicted molar refractivity (Wildman–Crippen MR) is 118 cm³/mol. The zero-order valence-corrected chi connectivity index (χ0v) is 17.9. The first-order chi connectivity index (χ1) is 15.1. The Labute approximate surface area is 182 Å². The molecule has 1 aliphatic rings. The zero-order valence-electron chi connectivity index (χ0n) is 17.0. The largest absolute Gasteiger partial charge is 0.492 e. The average molecular weight is 436 g/mol. The summed E-state index contributed by atoms with van der Waals surface area (Å²) >= 11 is 1.49. The molecule has 0 radical (unpaired) electrons. The van der Waals surface area contributed by atoms with Crippen molar-refractivity contribution in [3.05, 3.63) is 53.7 Å². The molecular weight excluding hydrogens is 416 g/mol. The fourth-order valence-corrected chi connectivity index (χ4v) is 4.38. The molecule has 1 aliphatic heterocycles. The number of aryl methyl sites for hydroxylation is 1. The smallest absolute Gasteiger partial charge is 0.231 e. The molecule has 31 heavy (non-hydrogen) atoms. The summed E-state index contributed by atoms with van der Waals surface area (Å²) < 4.78 is 19.1. The number of carbonyl (C=O) groups is 1. The summed E-state index contributed by atoms with van der Waals surface area (Å²) in [5.74, 6) is 2.50. The SMILES string of the molecule is CCOc1cccc2sc(-n3nc(C)cc3NC(=O)Cc3ccc4c(c3)OCO4)nc12. The van der Waals surface area contributed by atoms with Crippen LogP contribution in [0.5, 0.6) is 17.2 Å². The van der Waals surface area contributed by atoms with Crippen LogP contribution >= 0.6 is 11.3 Å². The standard InChI is InChI=1S/C22H20N4O4S/c1-3-28-16-5-4-6-18-21(16)24-22(31-18)26-19(9-13(2)25-26)23-20(27)11-14-7-8-15-17(10-14)30-12-29-15/h4-10H,3,11-12H2,1-2H3,(H,23,27). The van der Waals surface area contributed by atoms with Crippen molar-refractivity contribution in [1.29, 1.82) is 0 Å². The minimum atomic E-state index is -0.156. The molecule has 0 aliphatic carbocycles. The molecule has 4 aromatic rings. The number of aromatic nitrogens is 3. The molecule has 0 atom stereocenters. The molecule has 0 unspecified atom stereocenters. The number of rotatable bonds is 6. The number of nitrogens with zero attached hydrogens (tertiary/aromatic N) is 3. The molecule has 158 valence electrons. The first-order valence-corrected chi connectivity index (χ1v) is 10.7. The minimum Gasteiger partial charge on any atom is -0.492 e. The van der Waals surface area contributed by atoms with Crippen LogP contribution in [0.25, 0.3) is 15.3 Å². The van der Waals surface area contributed by atoms with Gasteiger partial charge < -0.3 is 19.5 Å². The van der Waals surface area contributed by atoms with Gasteiger partial charge in [-0.2, -0.15) is 9.78 Å². The van der Waals surface area contributed by atoms with Crippen molar-refractivity contribution in [2.24, 2.45) is 0 Å². The molecule has 2 aromatic carbocycles. The van der Waals surface area contributed by atoms with Crippen LogP contribution in [0.2, 0.25) is 0 Å². The van der Waals surface area contributed by atoms with Gasteiger partial charge in [0.15, 0.2) is 11.5 Å². The van der Waals surface area contributed by atoms with Gasteiger partial charge in [0, 0.05) is 6.07 Å². The second kappa shape index (κ2) is 7.92. The van der Waals surface area contributed by atoms with E-state index in [-0.39, 0.29) is 19.1 Å². The van der Waals surface area contributed by atoms with Crippen LogP contribution in [0.3, 0.4) is 0 Å². The molecule has 0 fully saturated rings. The van der Waals surface area contributed by atoms with Gasteiger partial charge in [-0.05, 0) is 43.7 Å². The van der Waals surface area contributed by atoms with E-state index >= 15 is 0 Å². The van der Waals surface area contributed by atoms with E-state index in [4.69, 9.17) is 19.2 Å². The minimum absolute atomic E-state index is 0.156. The Kier molecular flexibility index (Phi) is 4.95. The second-order valence-corrected chi connectivity index (χ2v) is 8.04. The van der Waals surface area contributed by atoms with E-state index in [9.17, 15) is 4.79 Å². The number of hydrogen-bond acceptors (Lipinski definition) is 7. The molecular formula is C22H20N4O4S. The number of amides is 1. The molecule has 5 rings (SSSR count). The lowest BCUT2D eigenvalue weighted by atomic mass is 10.1. The summed E-state index contributed by atoms with van der Waals surface area (Å²) in [6.45, 7) is 4.59. The summed E-state index contributed by atoms with van der Waals surface area (Å²) in [4.78, 5) is 17.4. The first kappa shape index (κ1) is 19.4. The third-order valence-electron chi connectivity index (χ3n) is 4.75. The third kappa shape index (κ3) is 3.79. The number of anilines is 1. The number of nitrogens with one attached hydrogen (secondary N) is 1. The van der Waals surface area contributed by atoms with Gasteiger partial charge >= 0.3 is 0 Å². The molecule has 8 nitrogen and oxygen atoms in total. The van der Waals surface area contributed by atoms with E-state index in [0.717, 1.165) is 27.2 Å². The van der Waals surface area contributed by atoms with E-state index in [1.807, 2.05) is 56.3 Å². The molecule has 0 saturated heterocycles. The highest BCUT2D eigenvalue weighted by atomic mass is 32.1. The highest BCUT2D eigenvalue weighted by Gasteiger charge is 2.18. The zero-order chi connectivity index (χ0) is 21.4. The van der Waals surface area contributed by atoms with Gasteiger partial charge in [-0.25, -0.2) is 4.98 Å². The van der Waals surface area contributed by atoms with Crippen molar-refractivity contribution in [2.75, 3.05) is 18.7 Å². The molecule has 1 amide bonds. The molecule has 3 heterocycles. The Morgan fingerprint density at radius 1 is 1.23 bits per heavy atom. The molecule has 0 spiro atoms. The normalized spacial score (nSPS) is 12.3. The van der Waals surface area contributed by atoms with Crippen molar-refractivity contribution >= 4 is 33.3 Å². The first-order valence-electron chi connectivity index (χ1n) is 9.88. The Hall–Kier alpha value is -3.59. The average Bonchev–Trinajstić information content (AvgIpc) is 3.46. The van der Waals surface area contributed by atoms with Gasteiger partial charge in [-0.15, -0.1) is 0 Å². The number of fused-ring (bicyclic) bond motifs is 2. The van der Waals surface area contributed by atoms with E-state index in [2.05, 4.69) is 10.4 Å². The van der Waals surface area contributed by atoms with Crippen molar-refractivity contribution in [3.63, 3.8) is 0 Å². The maximum atomic E-state index is 12.7. The summed E-state index contributed by atoms with van der Waals surface area (Å²) in [7, 11) is 0. The lowest BCUT2D eigenvalue weighted by Gasteiger charge is -2.07. The van der Waals surface area contributed by atoms with Gasteiger partial charge in [-0.1, -0.05) is 23.5 Å². The van der Waals surface area contributed by atoms with Crippen LogP contribution < -0.4 is 19.5 Å². The Bertz CT molecular complexity index is 1280. The molecule has 2 aromatic heterocycles. The van der Waals surface area contributed by atoms with Gasteiger partial charge in [0.1, 0.15) is 17.1 Å². The third-order valence-corrected chi connectivity index (χ3v) is 5.75. The van der Waals surface area contributed by atoms with Gasteiger partial charge in [0.05, 0.1) is 23.4 Å². The Balaban J connectivity index is 1.40. The van der Waals surface area contributed by atoms with Crippen LogP contribution in [-0.4, -0.2) is 34.1 Å². The number of benzene rings is 2.